The second-order valence-electron chi connectivity index (χ2n) is 3.82. The molecule has 0 spiro atoms. The van der Waals surface area contributed by atoms with Gasteiger partial charge in [0, 0.05) is 17.1 Å². The van der Waals surface area contributed by atoms with Crippen molar-refractivity contribution in [3.63, 3.8) is 0 Å². The fraction of sp³-hybridized carbons (Fsp3) is 0.500. The van der Waals surface area contributed by atoms with Crippen LogP contribution in [-0.4, -0.2) is 25.8 Å². The molecule has 16 heavy (non-hydrogen) atoms. The number of aliphatic hydroxyl groups is 1. The van der Waals surface area contributed by atoms with Gasteiger partial charge in [0.1, 0.15) is 5.75 Å². The van der Waals surface area contributed by atoms with Crippen molar-refractivity contribution < 1.29 is 9.84 Å². The average Bonchev–Trinajstić information content (AvgIpc) is 2.23. The Labute approximate surface area is 101 Å². The molecular weight excluding hydrogens is 226 g/mol. The zero-order chi connectivity index (χ0) is 12.3. The summed E-state index contributed by atoms with van der Waals surface area (Å²) in [6.45, 7) is 4.27. The number of aliphatic hydroxyl groups excluding tert-OH is 1. The van der Waals surface area contributed by atoms with E-state index in [2.05, 4.69) is 5.32 Å². The van der Waals surface area contributed by atoms with Crippen LogP contribution in [0, 0.1) is 13.8 Å². The second kappa shape index (κ2) is 5.53. The minimum absolute atomic E-state index is 0.469. The van der Waals surface area contributed by atoms with Crippen molar-refractivity contribution in [3.8, 4) is 5.75 Å². The van der Waals surface area contributed by atoms with Gasteiger partial charge in [0.15, 0.2) is 0 Å². The van der Waals surface area contributed by atoms with Crippen LogP contribution in [0.1, 0.15) is 22.8 Å². The molecule has 0 saturated carbocycles. The van der Waals surface area contributed by atoms with Crippen molar-refractivity contribution in [3.05, 3.63) is 27.8 Å². The van der Waals surface area contributed by atoms with E-state index in [1.54, 1.807) is 14.2 Å². The summed E-state index contributed by atoms with van der Waals surface area (Å²) in [5.74, 6) is 0.713. The van der Waals surface area contributed by atoms with E-state index < -0.39 is 6.10 Å². The number of hydrogen-bond donors (Lipinski definition) is 2. The Balaban J connectivity index is 3.32. The zero-order valence-electron chi connectivity index (χ0n) is 10.1. The van der Waals surface area contributed by atoms with Gasteiger partial charge in [-0.1, -0.05) is 11.6 Å². The largest absolute Gasteiger partial charge is 0.496 e. The molecule has 0 aromatic heterocycles. The summed E-state index contributed by atoms with van der Waals surface area (Å²) >= 11 is 6.11. The van der Waals surface area contributed by atoms with Crippen LogP contribution in [0.15, 0.2) is 6.07 Å². The fourth-order valence-corrected chi connectivity index (χ4v) is 2.11. The summed E-state index contributed by atoms with van der Waals surface area (Å²) in [5, 5.41) is 13.7. The molecule has 0 aliphatic carbocycles. The second-order valence-corrected chi connectivity index (χ2v) is 4.23. The molecule has 4 heteroatoms. The van der Waals surface area contributed by atoms with Crippen LogP contribution in [0.4, 0.5) is 0 Å². The van der Waals surface area contributed by atoms with Crippen molar-refractivity contribution in [2.45, 2.75) is 20.0 Å². The first-order valence-electron chi connectivity index (χ1n) is 5.19. The summed E-state index contributed by atoms with van der Waals surface area (Å²) in [5.41, 5.74) is 2.57. The monoisotopic (exact) mass is 243 g/mol. The minimum Gasteiger partial charge on any atom is -0.496 e. The van der Waals surface area contributed by atoms with Gasteiger partial charge in [-0.25, -0.2) is 0 Å². The van der Waals surface area contributed by atoms with E-state index in [0.717, 1.165) is 16.7 Å². The first-order chi connectivity index (χ1) is 7.52. The summed E-state index contributed by atoms with van der Waals surface area (Å²) in [6, 6.07) is 1.85. The van der Waals surface area contributed by atoms with Gasteiger partial charge in [0.2, 0.25) is 0 Å². The number of hydrogen-bond acceptors (Lipinski definition) is 3. The molecule has 1 unspecified atom stereocenters. The smallest absolute Gasteiger partial charge is 0.127 e. The van der Waals surface area contributed by atoms with Crippen LogP contribution in [-0.2, 0) is 0 Å². The molecule has 2 N–H and O–H groups in total. The third kappa shape index (κ3) is 2.48. The van der Waals surface area contributed by atoms with E-state index >= 15 is 0 Å². The molecule has 1 rings (SSSR count). The Kier molecular flexibility index (Phi) is 4.59. The van der Waals surface area contributed by atoms with Crippen LogP contribution in [0.5, 0.6) is 5.75 Å². The number of benzene rings is 1. The SMILES string of the molecule is CNCC(O)c1c(C)c(Cl)cc(C)c1OC. The zero-order valence-corrected chi connectivity index (χ0v) is 10.9. The van der Waals surface area contributed by atoms with Gasteiger partial charge >= 0.3 is 0 Å². The predicted molar refractivity (Wildman–Crippen MR) is 66.4 cm³/mol. The number of likely N-dealkylation sites (N-methyl/N-ethyl adjacent to an activating group) is 1. The molecule has 0 saturated heterocycles. The van der Waals surface area contributed by atoms with Crippen LogP contribution < -0.4 is 10.1 Å². The van der Waals surface area contributed by atoms with Crippen LogP contribution in [0.25, 0.3) is 0 Å². The Morgan fingerprint density at radius 2 is 2.12 bits per heavy atom. The number of aryl methyl sites for hydroxylation is 1. The number of methoxy groups -OCH3 is 1. The maximum absolute atomic E-state index is 10.1. The lowest BCUT2D eigenvalue weighted by Crippen LogP contribution is -2.18. The Hall–Kier alpha value is -0.770. The Bertz CT molecular complexity index is 380. The highest BCUT2D eigenvalue weighted by atomic mass is 35.5. The van der Waals surface area contributed by atoms with Crippen molar-refractivity contribution in [2.75, 3.05) is 20.7 Å². The van der Waals surface area contributed by atoms with Gasteiger partial charge in [-0.3, -0.25) is 0 Å². The van der Waals surface area contributed by atoms with E-state index in [9.17, 15) is 5.11 Å². The van der Waals surface area contributed by atoms with Crippen LogP contribution >= 0.6 is 11.6 Å². The third-order valence-corrected chi connectivity index (χ3v) is 3.04. The highest BCUT2D eigenvalue weighted by Gasteiger charge is 2.19. The standard InChI is InChI=1S/C12H18ClNO2/c1-7-5-9(13)8(2)11(12(7)16-4)10(15)6-14-3/h5,10,14-15H,6H2,1-4H3. The van der Waals surface area contributed by atoms with Crippen LogP contribution in [0.2, 0.25) is 5.02 Å². The van der Waals surface area contributed by atoms with E-state index in [-0.39, 0.29) is 0 Å². The van der Waals surface area contributed by atoms with Gasteiger partial charge < -0.3 is 15.2 Å². The number of rotatable bonds is 4. The molecule has 1 atom stereocenters. The van der Waals surface area contributed by atoms with Gasteiger partial charge in [-0.15, -0.1) is 0 Å². The van der Waals surface area contributed by atoms with E-state index in [1.807, 2.05) is 19.9 Å². The molecular formula is C12H18ClNO2. The molecule has 0 heterocycles. The topological polar surface area (TPSA) is 41.5 Å². The lowest BCUT2D eigenvalue weighted by Gasteiger charge is -2.20. The minimum atomic E-state index is -0.614. The first kappa shape index (κ1) is 13.3. The summed E-state index contributed by atoms with van der Waals surface area (Å²) in [6.07, 6.45) is -0.614. The molecule has 1 aromatic rings. The van der Waals surface area contributed by atoms with E-state index in [1.165, 1.54) is 0 Å². The highest BCUT2D eigenvalue weighted by molar-refractivity contribution is 6.31. The number of nitrogens with one attached hydrogen (secondary N) is 1. The highest BCUT2D eigenvalue weighted by Crippen LogP contribution is 2.35. The summed E-state index contributed by atoms with van der Waals surface area (Å²) in [7, 11) is 3.40. The molecule has 0 bridgehead atoms. The molecule has 0 amide bonds. The molecule has 3 nitrogen and oxygen atoms in total. The lowest BCUT2D eigenvalue weighted by molar-refractivity contribution is 0.172. The summed E-state index contributed by atoms with van der Waals surface area (Å²) in [4.78, 5) is 0. The Morgan fingerprint density at radius 1 is 1.50 bits per heavy atom. The molecule has 0 fully saturated rings. The summed E-state index contributed by atoms with van der Waals surface area (Å²) < 4.78 is 5.33. The molecule has 0 radical (unpaired) electrons. The average molecular weight is 244 g/mol. The Morgan fingerprint density at radius 3 is 2.62 bits per heavy atom. The van der Waals surface area contributed by atoms with Crippen molar-refractivity contribution in [1.82, 2.24) is 5.32 Å². The van der Waals surface area contributed by atoms with Crippen LogP contribution in [0.3, 0.4) is 0 Å². The maximum Gasteiger partial charge on any atom is 0.127 e. The van der Waals surface area contributed by atoms with Crippen molar-refractivity contribution >= 4 is 11.6 Å². The predicted octanol–water partition coefficient (Wildman–Crippen LogP) is 2.22. The van der Waals surface area contributed by atoms with E-state index in [4.69, 9.17) is 16.3 Å². The van der Waals surface area contributed by atoms with Gasteiger partial charge in [0.05, 0.1) is 13.2 Å². The third-order valence-electron chi connectivity index (χ3n) is 2.64. The molecule has 1 aromatic carbocycles. The van der Waals surface area contributed by atoms with Crippen molar-refractivity contribution in [2.24, 2.45) is 0 Å². The van der Waals surface area contributed by atoms with Crippen molar-refractivity contribution in [1.29, 1.82) is 0 Å². The quantitative estimate of drug-likeness (QED) is 0.852. The molecule has 0 aliphatic heterocycles. The first-order valence-corrected chi connectivity index (χ1v) is 5.57. The molecule has 90 valence electrons. The van der Waals surface area contributed by atoms with E-state index in [0.29, 0.717) is 17.3 Å². The van der Waals surface area contributed by atoms with Gasteiger partial charge in [0.25, 0.3) is 0 Å². The van der Waals surface area contributed by atoms with Gasteiger partial charge in [-0.2, -0.15) is 0 Å². The van der Waals surface area contributed by atoms with Gasteiger partial charge in [-0.05, 0) is 38.1 Å². The maximum atomic E-state index is 10.1. The molecule has 0 aliphatic rings. The lowest BCUT2D eigenvalue weighted by atomic mass is 9.98. The normalized spacial score (nSPS) is 12.6. The number of halogens is 1. The number of ether oxygens (including phenoxy) is 1. The fourth-order valence-electron chi connectivity index (χ4n) is 1.84.